The standard InChI is InChI=1S/C31H34N2O5/c1-6-37-26-12-8-10-24(18-26)33-28(21-13-15-23(16-14-21)32(4)5)27(30(35)31(33)36)29(34)22-9-7-11-25(17-22)38-19-20(2)3/h7-18,20,28,34H,6,19H2,1-5H3/b29-27+. The number of benzene rings is 3. The highest BCUT2D eigenvalue weighted by molar-refractivity contribution is 6.51. The second-order valence-corrected chi connectivity index (χ2v) is 9.82. The van der Waals surface area contributed by atoms with Gasteiger partial charge in [0.1, 0.15) is 17.3 Å². The summed E-state index contributed by atoms with van der Waals surface area (Å²) < 4.78 is 11.5. The third-order valence-corrected chi connectivity index (χ3v) is 6.27. The molecule has 1 unspecified atom stereocenters. The summed E-state index contributed by atoms with van der Waals surface area (Å²) in [6, 6.07) is 20.8. The predicted octanol–water partition coefficient (Wildman–Crippen LogP) is 5.81. The van der Waals surface area contributed by atoms with Crippen LogP contribution in [0.15, 0.2) is 78.4 Å². The van der Waals surface area contributed by atoms with E-state index in [1.165, 1.54) is 4.90 Å². The Bertz CT molecular complexity index is 1340. The van der Waals surface area contributed by atoms with Gasteiger partial charge in [0.15, 0.2) is 0 Å². The van der Waals surface area contributed by atoms with Crippen LogP contribution in [0.2, 0.25) is 0 Å². The minimum Gasteiger partial charge on any atom is -0.507 e. The summed E-state index contributed by atoms with van der Waals surface area (Å²) in [5.41, 5.74) is 2.61. The number of aliphatic hydroxyl groups is 1. The molecule has 1 atom stereocenters. The number of anilines is 2. The zero-order valence-electron chi connectivity index (χ0n) is 22.5. The Morgan fingerprint density at radius 1 is 0.947 bits per heavy atom. The normalized spacial score (nSPS) is 16.7. The number of amides is 1. The average Bonchev–Trinajstić information content (AvgIpc) is 3.17. The molecule has 4 rings (SSSR count). The fraction of sp³-hybridized carbons (Fsp3) is 0.290. The summed E-state index contributed by atoms with van der Waals surface area (Å²) in [5, 5.41) is 11.5. The summed E-state index contributed by atoms with van der Waals surface area (Å²) in [6.07, 6.45) is 0. The molecule has 0 bridgehead atoms. The SMILES string of the molecule is CCOc1cccc(N2C(=O)C(=O)/C(=C(/O)c3cccc(OCC(C)C)c3)C2c2ccc(N(C)C)cc2)c1. The maximum atomic E-state index is 13.5. The van der Waals surface area contributed by atoms with Crippen molar-refractivity contribution in [2.75, 3.05) is 37.1 Å². The summed E-state index contributed by atoms with van der Waals surface area (Å²) in [6.45, 7) is 6.96. The lowest BCUT2D eigenvalue weighted by atomic mass is 9.94. The number of aliphatic hydroxyl groups excluding tert-OH is 1. The topological polar surface area (TPSA) is 79.3 Å². The second-order valence-electron chi connectivity index (χ2n) is 9.82. The zero-order valence-corrected chi connectivity index (χ0v) is 22.5. The first kappa shape index (κ1) is 26.8. The molecule has 7 nitrogen and oxygen atoms in total. The van der Waals surface area contributed by atoms with Gasteiger partial charge in [-0.25, -0.2) is 0 Å². The number of Topliss-reactive ketones (excluding diaryl/α,β-unsaturated/α-hetero) is 1. The van der Waals surface area contributed by atoms with Gasteiger partial charge in [-0.2, -0.15) is 0 Å². The van der Waals surface area contributed by atoms with Crippen LogP contribution in [-0.2, 0) is 9.59 Å². The zero-order chi connectivity index (χ0) is 27.4. The quantitative estimate of drug-likeness (QED) is 0.220. The molecule has 0 radical (unpaired) electrons. The van der Waals surface area contributed by atoms with Crippen LogP contribution in [-0.4, -0.2) is 44.1 Å². The van der Waals surface area contributed by atoms with Crippen molar-refractivity contribution in [3.63, 3.8) is 0 Å². The van der Waals surface area contributed by atoms with Gasteiger partial charge in [0.2, 0.25) is 0 Å². The second kappa shape index (κ2) is 11.4. The lowest BCUT2D eigenvalue weighted by Crippen LogP contribution is -2.29. The molecule has 1 fully saturated rings. The lowest BCUT2D eigenvalue weighted by molar-refractivity contribution is -0.132. The van der Waals surface area contributed by atoms with Gasteiger partial charge in [0.05, 0.1) is 24.8 Å². The van der Waals surface area contributed by atoms with E-state index in [-0.39, 0.29) is 11.3 Å². The van der Waals surface area contributed by atoms with Crippen LogP contribution in [0, 0.1) is 5.92 Å². The molecule has 198 valence electrons. The number of hydrogen-bond acceptors (Lipinski definition) is 6. The number of nitrogens with zero attached hydrogens (tertiary/aromatic N) is 2. The van der Waals surface area contributed by atoms with Crippen molar-refractivity contribution in [2.24, 2.45) is 5.92 Å². The van der Waals surface area contributed by atoms with Crippen LogP contribution < -0.4 is 19.3 Å². The molecule has 1 aliphatic rings. The van der Waals surface area contributed by atoms with Gasteiger partial charge < -0.3 is 19.5 Å². The summed E-state index contributed by atoms with van der Waals surface area (Å²) >= 11 is 0. The fourth-order valence-electron chi connectivity index (χ4n) is 4.41. The van der Waals surface area contributed by atoms with E-state index < -0.39 is 17.7 Å². The van der Waals surface area contributed by atoms with Crippen LogP contribution >= 0.6 is 0 Å². The fourth-order valence-corrected chi connectivity index (χ4v) is 4.41. The predicted molar refractivity (Wildman–Crippen MR) is 150 cm³/mol. The van der Waals surface area contributed by atoms with Crippen LogP contribution in [0.4, 0.5) is 11.4 Å². The summed E-state index contributed by atoms with van der Waals surface area (Å²) in [7, 11) is 3.88. The first-order chi connectivity index (χ1) is 18.2. The van der Waals surface area contributed by atoms with E-state index in [2.05, 4.69) is 0 Å². The molecule has 1 aliphatic heterocycles. The van der Waals surface area contributed by atoms with Crippen LogP contribution in [0.25, 0.3) is 5.76 Å². The molecule has 1 N–H and O–H groups in total. The number of carbonyl (C=O) groups excluding carboxylic acids is 2. The van der Waals surface area contributed by atoms with Gasteiger partial charge >= 0.3 is 0 Å². The lowest BCUT2D eigenvalue weighted by Gasteiger charge is -2.26. The van der Waals surface area contributed by atoms with E-state index in [1.54, 1.807) is 48.5 Å². The van der Waals surface area contributed by atoms with Crippen molar-refractivity contribution in [3.05, 3.63) is 89.5 Å². The molecule has 0 aromatic heterocycles. The summed E-state index contributed by atoms with van der Waals surface area (Å²) in [4.78, 5) is 30.4. The van der Waals surface area contributed by atoms with Gasteiger partial charge in [-0.1, -0.05) is 44.2 Å². The number of hydrogen-bond donors (Lipinski definition) is 1. The number of ether oxygens (including phenoxy) is 2. The number of ketones is 1. The van der Waals surface area contributed by atoms with Crippen molar-refractivity contribution in [2.45, 2.75) is 26.8 Å². The minimum atomic E-state index is -0.830. The molecule has 0 aliphatic carbocycles. The smallest absolute Gasteiger partial charge is 0.300 e. The van der Waals surface area contributed by atoms with Crippen molar-refractivity contribution >= 4 is 28.8 Å². The number of rotatable bonds is 9. The Kier molecular flexibility index (Phi) is 8.05. The third kappa shape index (κ3) is 5.52. The van der Waals surface area contributed by atoms with E-state index >= 15 is 0 Å². The maximum absolute atomic E-state index is 13.5. The Morgan fingerprint density at radius 2 is 1.61 bits per heavy atom. The van der Waals surface area contributed by atoms with E-state index in [9.17, 15) is 14.7 Å². The average molecular weight is 515 g/mol. The minimum absolute atomic E-state index is 0.0235. The Labute approximate surface area is 223 Å². The molecule has 3 aromatic rings. The van der Waals surface area contributed by atoms with E-state index in [0.29, 0.717) is 47.4 Å². The molecule has 1 amide bonds. The van der Waals surface area contributed by atoms with Crippen LogP contribution in [0.3, 0.4) is 0 Å². The highest BCUT2D eigenvalue weighted by atomic mass is 16.5. The highest BCUT2D eigenvalue weighted by Gasteiger charge is 2.47. The molecule has 3 aromatic carbocycles. The maximum Gasteiger partial charge on any atom is 0.300 e. The van der Waals surface area contributed by atoms with Crippen molar-refractivity contribution in [3.8, 4) is 11.5 Å². The third-order valence-electron chi connectivity index (χ3n) is 6.27. The van der Waals surface area contributed by atoms with Gasteiger partial charge in [-0.15, -0.1) is 0 Å². The van der Waals surface area contributed by atoms with Gasteiger partial charge in [-0.05, 0) is 54.8 Å². The van der Waals surface area contributed by atoms with E-state index in [1.807, 2.05) is 64.0 Å². The first-order valence-corrected chi connectivity index (χ1v) is 12.8. The van der Waals surface area contributed by atoms with Crippen LogP contribution in [0.5, 0.6) is 11.5 Å². The Balaban J connectivity index is 1.86. The molecular weight excluding hydrogens is 480 g/mol. The highest BCUT2D eigenvalue weighted by Crippen LogP contribution is 2.43. The summed E-state index contributed by atoms with van der Waals surface area (Å²) in [5.74, 6) is -0.218. The van der Waals surface area contributed by atoms with Gasteiger partial charge in [0, 0.05) is 37.1 Å². The Morgan fingerprint density at radius 3 is 2.24 bits per heavy atom. The molecule has 1 saturated heterocycles. The Hall–Kier alpha value is -4.26. The van der Waals surface area contributed by atoms with Crippen molar-refractivity contribution in [1.82, 2.24) is 0 Å². The molecule has 0 saturated carbocycles. The van der Waals surface area contributed by atoms with Crippen LogP contribution in [0.1, 0.15) is 37.9 Å². The first-order valence-electron chi connectivity index (χ1n) is 12.8. The van der Waals surface area contributed by atoms with Crippen molar-refractivity contribution in [1.29, 1.82) is 0 Å². The molecule has 38 heavy (non-hydrogen) atoms. The van der Waals surface area contributed by atoms with Gasteiger partial charge in [0.25, 0.3) is 11.7 Å². The van der Waals surface area contributed by atoms with E-state index in [0.717, 1.165) is 5.69 Å². The van der Waals surface area contributed by atoms with E-state index in [4.69, 9.17) is 9.47 Å². The number of carbonyl (C=O) groups is 2. The molecule has 1 heterocycles. The van der Waals surface area contributed by atoms with Gasteiger partial charge in [-0.3, -0.25) is 14.5 Å². The molecule has 7 heteroatoms. The molecular formula is C31H34N2O5. The molecule has 0 spiro atoms. The monoisotopic (exact) mass is 514 g/mol. The largest absolute Gasteiger partial charge is 0.507 e. The van der Waals surface area contributed by atoms with Crippen molar-refractivity contribution < 1.29 is 24.2 Å².